The first kappa shape index (κ1) is 17.6. The Morgan fingerprint density at radius 3 is 2.68 bits per heavy atom. The first-order valence-electron chi connectivity index (χ1n) is 8.16. The number of imidazole rings is 1. The zero-order chi connectivity index (χ0) is 18.0. The fourth-order valence-corrected chi connectivity index (χ4v) is 4.66. The lowest BCUT2D eigenvalue weighted by Gasteiger charge is -2.33. The van der Waals surface area contributed by atoms with Crippen LogP contribution < -0.4 is 0 Å². The molecule has 1 aromatic heterocycles. The van der Waals surface area contributed by atoms with E-state index < -0.39 is 22.0 Å². The highest BCUT2D eigenvalue weighted by molar-refractivity contribution is 7.89. The number of carbonyl (C=O) groups excluding carboxylic acids is 1. The molecule has 134 valence electrons. The fourth-order valence-electron chi connectivity index (χ4n) is 3.10. The quantitative estimate of drug-likeness (QED) is 0.754. The lowest BCUT2D eigenvalue weighted by atomic mass is 10.1. The van der Waals surface area contributed by atoms with Crippen molar-refractivity contribution in [2.75, 3.05) is 7.11 Å². The third-order valence-electron chi connectivity index (χ3n) is 4.36. The molecule has 0 spiro atoms. The third-order valence-corrected chi connectivity index (χ3v) is 6.23. The van der Waals surface area contributed by atoms with Crippen LogP contribution in [-0.4, -0.2) is 41.4 Å². The van der Waals surface area contributed by atoms with Crippen LogP contribution >= 0.6 is 0 Å². The van der Waals surface area contributed by atoms with Gasteiger partial charge in [-0.1, -0.05) is 25.1 Å². The van der Waals surface area contributed by atoms with Crippen molar-refractivity contribution in [1.29, 1.82) is 0 Å². The molecule has 0 aliphatic carbocycles. The molecular weight excluding hydrogens is 342 g/mol. The maximum absolute atomic E-state index is 13.1. The van der Waals surface area contributed by atoms with Crippen molar-refractivity contribution >= 4 is 16.0 Å². The van der Waals surface area contributed by atoms with Gasteiger partial charge >= 0.3 is 5.97 Å². The van der Waals surface area contributed by atoms with Gasteiger partial charge in [0.05, 0.1) is 36.3 Å². The van der Waals surface area contributed by atoms with Crippen molar-refractivity contribution in [1.82, 2.24) is 13.9 Å². The molecule has 1 aliphatic rings. The van der Waals surface area contributed by atoms with Crippen LogP contribution in [0.2, 0.25) is 0 Å². The van der Waals surface area contributed by atoms with Crippen LogP contribution in [0.3, 0.4) is 0 Å². The predicted molar refractivity (Wildman–Crippen MR) is 91.2 cm³/mol. The molecule has 2 heterocycles. The maximum Gasteiger partial charge on any atom is 0.324 e. The van der Waals surface area contributed by atoms with E-state index in [-0.39, 0.29) is 17.9 Å². The van der Waals surface area contributed by atoms with Crippen molar-refractivity contribution in [3.05, 3.63) is 48.0 Å². The van der Waals surface area contributed by atoms with Crippen LogP contribution in [-0.2, 0) is 39.1 Å². The Labute approximate surface area is 147 Å². The number of aromatic nitrogens is 2. The highest BCUT2D eigenvalue weighted by Gasteiger charge is 2.41. The lowest BCUT2D eigenvalue weighted by Crippen LogP contribution is -2.49. The van der Waals surface area contributed by atoms with Crippen molar-refractivity contribution < 1.29 is 17.9 Å². The van der Waals surface area contributed by atoms with E-state index in [4.69, 9.17) is 4.74 Å². The van der Waals surface area contributed by atoms with Gasteiger partial charge in [0, 0.05) is 13.0 Å². The van der Waals surface area contributed by atoms with E-state index in [1.807, 2.05) is 11.5 Å². The molecule has 0 bridgehead atoms. The molecule has 0 N–H and O–H groups in total. The smallest absolute Gasteiger partial charge is 0.324 e. The number of methoxy groups -OCH3 is 1. The Morgan fingerprint density at radius 1 is 1.32 bits per heavy atom. The number of ether oxygens (including phenoxy) is 1. The largest absolute Gasteiger partial charge is 0.468 e. The van der Waals surface area contributed by atoms with Gasteiger partial charge in [0.25, 0.3) is 0 Å². The number of fused-ring (bicyclic) bond motifs is 1. The summed E-state index contributed by atoms with van der Waals surface area (Å²) in [5, 5.41) is 0. The zero-order valence-electron chi connectivity index (χ0n) is 14.3. The minimum Gasteiger partial charge on any atom is -0.468 e. The number of carbonyl (C=O) groups is 1. The monoisotopic (exact) mass is 363 g/mol. The molecule has 0 amide bonds. The second-order valence-electron chi connectivity index (χ2n) is 5.94. The van der Waals surface area contributed by atoms with Gasteiger partial charge in [0.15, 0.2) is 0 Å². The topological polar surface area (TPSA) is 81.5 Å². The summed E-state index contributed by atoms with van der Waals surface area (Å²) in [6.45, 7) is 2.90. The molecule has 1 aromatic carbocycles. The van der Waals surface area contributed by atoms with E-state index >= 15 is 0 Å². The van der Waals surface area contributed by atoms with Crippen LogP contribution in [0, 0.1) is 0 Å². The van der Waals surface area contributed by atoms with Gasteiger partial charge < -0.3 is 9.30 Å². The molecule has 0 fully saturated rings. The van der Waals surface area contributed by atoms with Crippen LogP contribution in [0.25, 0.3) is 0 Å². The molecule has 2 aromatic rings. The standard InChI is InChI=1S/C17H21N3O4S/c1-3-9-19-12-18-14-10-15(17(21)24-2)20(11-16(14)19)25(22,23)13-7-5-4-6-8-13/h4-8,12,15H,3,9-11H2,1-2H3. The summed E-state index contributed by atoms with van der Waals surface area (Å²) in [6.07, 6.45) is 2.83. The highest BCUT2D eigenvalue weighted by Crippen LogP contribution is 2.29. The van der Waals surface area contributed by atoms with Gasteiger partial charge in [-0.25, -0.2) is 13.4 Å². The lowest BCUT2D eigenvalue weighted by molar-refractivity contribution is -0.145. The molecule has 3 rings (SSSR count). The first-order chi connectivity index (χ1) is 12.0. The van der Waals surface area contributed by atoms with E-state index in [0.29, 0.717) is 0 Å². The Morgan fingerprint density at radius 2 is 2.04 bits per heavy atom. The molecule has 1 unspecified atom stereocenters. The zero-order valence-corrected chi connectivity index (χ0v) is 15.1. The minimum absolute atomic E-state index is 0.103. The average molecular weight is 363 g/mol. The number of benzene rings is 1. The molecule has 7 nitrogen and oxygen atoms in total. The van der Waals surface area contributed by atoms with Gasteiger partial charge in [-0.15, -0.1) is 0 Å². The summed E-state index contributed by atoms with van der Waals surface area (Å²) in [6, 6.07) is 7.23. The molecule has 8 heteroatoms. The maximum atomic E-state index is 13.1. The normalized spacial score (nSPS) is 17.9. The highest BCUT2D eigenvalue weighted by atomic mass is 32.2. The van der Waals surface area contributed by atoms with E-state index in [0.717, 1.165) is 24.4 Å². The summed E-state index contributed by atoms with van der Waals surface area (Å²) in [7, 11) is -2.56. The number of rotatable bonds is 5. The Kier molecular flexibility index (Phi) is 4.91. The summed E-state index contributed by atoms with van der Waals surface area (Å²) >= 11 is 0. The SMILES string of the molecule is CCCn1cnc2c1CN(S(=O)(=O)c1ccccc1)C(C(=O)OC)C2. The number of hydrogen-bond donors (Lipinski definition) is 0. The van der Waals surface area contributed by atoms with Crippen LogP contribution in [0.1, 0.15) is 24.7 Å². The van der Waals surface area contributed by atoms with Crippen LogP contribution in [0.5, 0.6) is 0 Å². The number of esters is 1. The second kappa shape index (κ2) is 6.97. The van der Waals surface area contributed by atoms with Crippen molar-refractivity contribution in [3.63, 3.8) is 0 Å². The predicted octanol–water partition coefficient (Wildman–Crippen LogP) is 1.58. The average Bonchev–Trinajstić information content (AvgIpc) is 3.03. The Balaban J connectivity index is 2.05. The number of nitrogens with zero attached hydrogens (tertiary/aromatic N) is 3. The van der Waals surface area contributed by atoms with E-state index in [1.54, 1.807) is 24.5 Å². The van der Waals surface area contributed by atoms with Gasteiger partial charge in [-0.2, -0.15) is 4.31 Å². The van der Waals surface area contributed by atoms with Gasteiger partial charge in [-0.3, -0.25) is 4.79 Å². The second-order valence-corrected chi connectivity index (χ2v) is 7.83. The summed E-state index contributed by atoms with van der Waals surface area (Å²) in [4.78, 5) is 16.8. The molecule has 25 heavy (non-hydrogen) atoms. The van der Waals surface area contributed by atoms with Crippen LogP contribution in [0.15, 0.2) is 41.6 Å². The molecular formula is C17H21N3O4S. The molecule has 1 aliphatic heterocycles. The number of aryl methyl sites for hydroxylation is 1. The van der Waals surface area contributed by atoms with E-state index in [1.165, 1.54) is 23.5 Å². The first-order valence-corrected chi connectivity index (χ1v) is 9.60. The molecule has 0 saturated heterocycles. The molecule has 0 saturated carbocycles. The fraction of sp³-hybridized carbons (Fsp3) is 0.412. The molecule has 1 atom stereocenters. The minimum atomic E-state index is -3.83. The van der Waals surface area contributed by atoms with Crippen molar-refractivity contribution in [2.45, 2.75) is 43.8 Å². The summed E-state index contributed by atoms with van der Waals surface area (Å²) in [5.74, 6) is -0.574. The summed E-state index contributed by atoms with van der Waals surface area (Å²) < 4.78 is 34.2. The van der Waals surface area contributed by atoms with Crippen molar-refractivity contribution in [3.8, 4) is 0 Å². The Hall–Kier alpha value is -2.19. The van der Waals surface area contributed by atoms with Crippen molar-refractivity contribution in [2.24, 2.45) is 0 Å². The van der Waals surface area contributed by atoms with Gasteiger partial charge in [0.2, 0.25) is 10.0 Å². The number of sulfonamides is 1. The van der Waals surface area contributed by atoms with Crippen LogP contribution in [0.4, 0.5) is 0 Å². The van der Waals surface area contributed by atoms with E-state index in [9.17, 15) is 13.2 Å². The molecule has 0 radical (unpaired) electrons. The Bertz CT molecular complexity index is 861. The van der Waals surface area contributed by atoms with Gasteiger partial charge in [0.1, 0.15) is 6.04 Å². The van der Waals surface area contributed by atoms with Gasteiger partial charge in [-0.05, 0) is 18.6 Å². The van der Waals surface area contributed by atoms with E-state index in [2.05, 4.69) is 4.98 Å². The summed E-state index contributed by atoms with van der Waals surface area (Å²) in [5.41, 5.74) is 1.59. The number of hydrogen-bond acceptors (Lipinski definition) is 5. The third kappa shape index (κ3) is 3.19.